The summed E-state index contributed by atoms with van der Waals surface area (Å²) >= 11 is 12.1. The highest BCUT2D eigenvalue weighted by atomic mass is 35.5. The van der Waals surface area contributed by atoms with Gasteiger partial charge in [-0.15, -0.1) is 10.2 Å². The van der Waals surface area contributed by atoms with E-state index in [-0.39, 0.29) is 0 Å². The Labute approximate surface area is 144 Å². The molecule has 3 rings (SSSR count). The van der Waals surface area contributed by atoms with Crippen LogP contribution in [0.1, 0.15) is 23.8 Å². The Balaban J connectivity index is 1.57. The second-order valence-electron chi connectivity index (χ2n) is 5.40. The van der Waals surface area contributed by atoms with Crippen molar-refractivity contribution in [3.8, 4) is 0 Å². The summed E-state index contributed by atoms with van der Waals surface area (Å²) in [7, 11) is 3.61. The number of aromatic nitrogens is 4. The van der Waals surface area contributed by atoms with E-state index in [2.05, 4.69) is 30.4 Å². The maximum absolute atomic E-state index is 6.07. The van der Waals surface area contributed by atoms with Crippen molar-refractivity contribution in [1.29, 1.82) is 0 Å². The normalized spacial score (nSPS) is 14.2. The van der Waals surface area contributed by atoms with Gasteiger partial charge in [0.05, 0.1) is 18.1 Å². The van der Waals surface area contributed by atoms with E-state index in [1.165, 1.54) is 0 Å². The topological polar surface area (TPSA) is 72.1 Å². The zero-order valence-electron chi connectivity index (χ0n) is 13.1. The Bertz CT molecular complexity index is 732. The summed E-state index contributed by atoms with van der Waals surface area (Å²) in [5.74, 6) is 2.69. The third kappa shape index (κ3) is 3.30. The minimum absolute atomic E-state index is 0.533. The molecule has 0 saturated carbocycles. The van der Waals surface area contributed by atoms with Crippen molar-refractivity contribution in [2.24, 2.45) is 12.0 Å². The van der Waals surface area contributed by atoms with Crippen molar-refractivity contribution < 1.29 is 0 Å². The van der Waals surface area contributed by atoms with Crippen molar-refractivity contribution in [3.63, 3.8) is 0 Å². The Morgan fingerprint density at radius 3 is 2.78 bits per heavy atom. The first kappa shape index (κ1) is 16.1. The third-order valence-electron chi connectivity index (χ3n) is 3.98. The van der Waals surface area contributed by atoms with Crippen LogP contribution in [0.4, 0.5) is 0 Å². The van der Waals surface area contributed by atoms with Crippen LogP contribution in [0.3, 0.4) is 0 Å². The van der Waals surface area contributed by atoms with E-state index in [9.17, 15) is 0 Å². The lowest BCUT2D eigenvalue weighted by atomic mass is 10.4. The predicted molar refractivity (Wildman–Crippen MR) is 90.8 cm³/mol. The van der Waals surface area contributed by atoms with E-state index in [4.69, 9.17) is 23.2 Å². The van der Waals surface area contributed by atoms with E-state index in [0.717, 1.165) is 36.7 Å². The van der Waals surface area contributed by atoms with Gasteiger partial charge >= 0.3 is 0 Å². The Morgan fingerprint density at radius 2 is 2.09 bits per heavy atom. The van der Waals surface area contributed by atoms with Gasteiger partial charge in [0, 0.05) is 32.8 Å². The first-order chi connectivity index (χ1) is 11.1. The predicted octanol–water partition coefficient (Wildman–Crippen LogP) is 1.73. The van der Waals surface area contributed by atoms with Crippen LogP contribution in [0, 0.1) is 0 Å². The maximum Gasteiger partial charge on any atom is 0.191 e. The second kappa shape index (κ2) is 6.80. The summed E-state index contributed by atoms with van der Waals surface area (Å²) in [5, 5.41) is 16.0. The molecule has 2 N–H and O–H groups in total. The van der Waals surface area contributed by atoms with Gasteiger partial charge in [-0.25, -0.2) is 0 Å². The van der Waals surface area contributed by atoms with E-state index < -0.39 is 0 Å². The molecule has 1 aliphatic heterocycles. The molecule has 0 aliphatic carbocycles. The smallest absolute Gasteiger partial charge is 0.191 e. The van der Waals surface area contributed by atoms with E-state index in [1.54, 1.807) is 7.05 Å². The second-order valence-corrected chi connectivity index (χ2v) is 6.17. The van der Waals surface area contributed by atoms with Gasteiger partial charge < -0.3 is 19.8 Å². The summed E-state index contributed by atoms with van der Waals surface area (Å²) in [4.78, 5) is 4.22. The number of halogens is 2. The molecule has 0 spiro atoms. The molecule has 9 heteroatoms. The fourth-order valence-corrected chi connectivity index (χ4v) is 3.07. The number of hydrogen-bond acceptors (Lipinski definition) is 3. The number of aryl methyl sites for hydroxylation is 1. The van der Waals surface area contributed by atoms with Crippen LogP contribution < -0.4 is 10.6 Å². The van der Waals surface area contributed by atoms with E-state index >= 15 is 0 Å². The van der Waals surface area contributed by atoms with Crippen molar-refractivity contribution in [1.82, 2.24) is 30.0 Å². The number of hydrogen-bond donors (Lipinski definition) is 2. The van der Waals surface area contributed by atoms with Gasteiger partial charge in [-0.2, -0.15) is 0 Å². The zero-order valence-corrected chi connectivity index (χ0v) is 14.6. The quantitative estimate of drug-likeness (QED) is 0.647. The molecule has 0 aromatic carbocycles. The molecule has 3 heterocycles. The van der Waals surface area contributed by atoms with Gasteiger partial charge in [-0.3, -0.25) is 4.99 Å². The molecule has 0 bridgehead atoms. The number of nitrogens with zero attached hydrogens (tertiary/aromatic N) is 5. The fourth-order valence-electron chi connectivity index (χ4n) is 2.66. The lowest BCUT2D eigenvalue weighted by Crippen LogP contribution is -2.37. The minimum Gasteiger partial charge on any atom is -0.351 e. The average Bonchev–Trinajstić information content (AvgIpc) is 3.21. The van der Waals surface area contributed by atoms with E-state index in [1.807, 2.05) is 17.7 Å². The summed E-state index contributed by atoms with van der Waals surface area (Å²) in [5.41, 5.74) is 0.978. The molecule has 124 valence electrons. The molecule has 0 amide bonds. The van der Waals surface area contributed by atoms with Crippen LogP contribution in [0.15, 0.2) is 11.1 Å². The Morgan fingerprint density at radius 1 is 1.30 bits per heavy atom. The van der Waals surface area contributed by atoms with Crippen LogP contribution in [-0.2, 0) is 33.1 Å². The Kier molecular flexibility index (Phi) is 4.77. The van der Waals surface area contributed by atoms with Crippen molar-refractivity contribution in [2.45, 2.75) is 32.5 Å². The molecule has 0 saturated heterocycles. The number of rotatable bonds is 4. The summed E-state index contributed by atoms with van der Waals surface area (Å²) in [6.07, 6.45) is 2.15. The van der Waals surface area contributed by atoms with Gasteiger partial charge in [0.1, 0.15) is 11.0 Å². The van der Waals surface area contributed by atoms with Crippen molar-refractivity contribution in [2.75, 3.05) is 7.05 Å². The van der Waals surface area contributed by atoms with Crippen LogP contribution in [0.2, 0.25) is 10.2 Å². The van der Waals surface area contributed by atoms with E-state index in [0.29, 0.717) is 29.2 Å². The molecule has 0 unspecified atom stereocenters. The van der Waals surface area contributed by atoms with Crippen LogP contribution in [-0.4, -0.2) is 32.3 Å². The first-order valence-electron chi connectivity index (χ1n) is 7.45. The van der Waals surface area contributed by atoms with Crippen LogP contribution in [0.25, 0.3) is 0 Å². The Hall–Kier alpha value is -1.73. The summed E-state index contributed by atoms with van der Waals surface area (Å²) in [6.45, 7) is 2.15. The number of fused-ring (bicyclic) bond motifs is 1. The van der Waals surface area contributed by atoms with Gasteiger partial charge in [0.25, 0.3) is 0 Å². The lowest BCUT2D eigenvalue weighted by molar-refractivity contribution is 0.660. The van der Waals surface area contributed by atoms with Crippen LogP contribution >= 0.6 is 23.2 Å². The number of guanidine groups is 1. The maximum atomic E-state index is 6.07. The molecular formula is C14H19Cl2N7. The van der Waals surface area contributed by atoms with Crippen molar-refractivity contribution in [3.05, 3.63) is 33.6 Å². The summed E-state index contributed by atoms with van der Waals surface area (Å²) in [6, 6.07) is 1.84. The molecule has 0 radical (unpaired) electrons. The van der Waals surface area contributed by atoms with Crippen molar-refractivity contribution >= 4 is 29.2 Å². The van der Waals surface area contributed by atoms with Gasteiger partial charge in [-0.05, 0) is 12.5 Å². The fraction of sp³-hybridized carbons (Fsp3) is 0.500. The highest BCUT2D eigenvalue weighted by Gasteiger charge is 2.17. The molecule has 0 fully saturated rings. The number of aliphatic imine (C=N–C) groups is 1. The lowest BCUT2D eigenvalue weighted by Gasteiger charge is -2.12. The summed E-state index contributed by atoms with van der Waals surface area (Å²) < 4.78 is 4.01. The van der Waals surface area contributed by atoms with Gasteiger partial charge in [0.2, 0.25) is 0 Å². The van der Waals surface area contributed by atoms with Crippen LogP contribution in [0.5, 0.6) is 0 Å². The zero-order chi connectivity index (χ0) is 16.4. The molecule has 2 aromatic heterocycles. The molecule has 1 aliphatic rings. The third-order valence-corrected chi connectivity index (χ3v) is 4.82. The molecule has 0 atom stereocenters. The monoisotopic (exact) mass is 355 g/mol. The standard InChI is InChI=1S/C14H19Cl2N7/c1-17-14(18-7-9-6-10(15)13(16)22(9)2)19-8-12-21-20-11-4-3-5-23(11)12/h6H,3-5,7-8H2,1-2H3,(H2,17,18,19). The molecule has 23 heavy (non-hydrogen) atoms. The first-order valence-corrected chi connectivity index (χ1v) is 8.20. The van der Waals surface area contributed by atoms with Gasteiger partial charge in [0.15, 0.2) is 11.8 Å². The molecule has 2 aromatic rings. The average molecular weight is 356 g/mol. The minimum atomic E-state index is 0.533. The highest BCUT2D eigenvalue weighted by Crippen LogP contribution is 2.24. The molecular weight excluding hydrogens is 337 g/mol. The molecule has 7 nitrogen and oxygen atoms in total. The number of nitrogens with one attached hydrogen (secondary N) is 2. The largest absolute Gasteiger partial charge is 0.351 e. The van der Waals surface area contributed by atoms with Gasteiger partial charge in [-0.1, -0.05) is 23.2 Å². The SMILES string of the molecule is CN=C(NCc1cc(Cl)c(Cl)n1C)NCc1nnc2n1CCC2. The highest BCUT2D eigenvalue weighted by molar-refractivity contribution is 6.41.